The summed E-state index contributed by atoms with van der Waals surface area (Å²) in [5.74, 6) is -4.64. The summed E-state index contributed by atoms with van der Waals surface area (Å²) in [6, 6.07) is 36.3. The lowest BCUT2D eigenvalue weighted by molar-refractivity contribution is 0.0587. The Morgan fingerprint density at radius 2 is 0.811 bits per heavy atom. The van der Waals surface area contributed by atoms with Crippen LogP contribution >= 0.6 is 45.3 Å². The van der Waals surface area contributed by atoms with Crippen molar-refractivity contribution in [3.8, 4) is 0 Å². The molecule has 0 amide bonds. The van der Waals surface area contributed by atoms with Crippen molar-refractivity contribution in [3.63, 3.8) is 0 Å². The number of nitrogens with zero attached hydrogens (tertiary/aromatic N) is 2. The van der Waals surface area contributed by atoms with Gasteiger partial charge in [-0.1, -0.05) is 43.8 Å². The van der Waals surface area contributed by atoms with Gasteiger partial charge in [0.1, 0.15) is 51.8 Å². The maximum absolute atomic E-state index is 13.0. The van der Waals surface area contributed by atoms with E-state index >= 15 is 0 Å². The van der Waals surface area contributed by atoms with E-state index in [1.807, 2.05) is 23.9 Å². The van der Waals surface area contributed by atoms with Crippen molar-refractivity contribution in [2.24, 2.45) is 0 Å². The number of halogens is 4. The average Bonchev–Trinajstić information content (AvgIpc) is 1.71. The largest absolute Gasteiger partial charge is 0.477 e. The summed E-state index contributed by atoms with van der Waals surface area (Å²) in [6.07, 6.45) is 0.680. The van der Waals surface area contributed by atoms with Crippen LogP contribution in [0.25, 0.3) is 41.1 Å². The number of aromatic carboxylic acids is 1. The van der Waals surface area contributed by atoms with Crippen molar-refractivity contribution < 1.29 is 78.5 Å². The highest BCUT2D eigenvalue weighted by Crippen LogP contribution is 2.35. The van der Waals surface area contributed by atoms with Crippen molar-refractivity contribution in [2.75, 3.05) is 56.3 Å². The Labute approximate surface area is 550 Å². The molecule has 0 aliphatic rings. The second-order valence-corrected chi connectivity index (χ2v) is 23.9. The first-order valence-electron chi connectivity index (χ1n) is 27.1. The van der Waals surface area contributed by atoms with E-state index in [2.05, 4.69) is 19.5 Å². The van der Waals surface area contributed by atoms with E-state index in [9.17, 15) is 60.7 Å². The summed E-state index contributed by atoms with van der Waals surface area (Å²) in [4.78, 5) is 106. The van der Waals surface area contributed by atoms with Crippen LogP contribution in [-0.4, -0.2) is 70.7 Å². The van der Waals surface area contributed by atoms with Crippen molar-refractivity contribution >= 4 is 137 Å². The fourth-order valence-electron chi connectivity index (χ4n) is 8.23. The number of methoxy groups -OCH3 is 3. The summed E-state index contributed by atoms with van der Waals surface area (Å²) in [7, 11) is 7.35. The Bertz CT molecular complexity index is 4960. The van der Waals surface area contributed by atoms with Crippen LogP contribution in [0.5, 0.6) is 0 Å². The van der Waals surface area contributed by atoms with E-state index in [1.165, 1.54) is 152 Å². The Morgan fingerprint density at radius 3 is 1.19 bits per heavy atom. The monoisotopic (exact) mass is 1380 g/mol. The van der Waals surface area contributed by atoms with Gasteiger partial charge in [-0.15, -0.1) is 45.3 Å². The minimum absolute atomic E-state index is 0. The first kappa shape index (κ1) is 71.4. The number of carbonyl (C=O) groups excluding carboxylic acids is 4. The molecule has 4 N–H and O–H groups in total. The number of nitrogens with one attached hydrogen (secondary N) is 1. The van der Waals surface area contributed by atoms with Gasteiger partial charge in [0.15, 0.2) is 22.3 Å². The van der Waals surface area contributed by atoms with Gasteiger partial charge in [-0.2, -0.15) is 0 Å². The molecule has 0 aliphatic heterocycles. The highest BCUT2D eigenvalue weighted by atomic mass is 32.1. The number of carboxylic acids is 1. The molecule has 4 aromatic carbocycles. The van der Waals surface area contributed by atoms with Crippen LogP contribution < -0.4 is 43.4 Å². The standard InChI is InChI=1S/C17H14FNO4S.2C16H12FNO4S.C9H7NO4S.C7H5FO.CH4/c1-19(9-10-3-5-11(18)6-4-10)15-8-13-14(24-15)7-12(16(20)22-2)17(21)23-13;1-21-15(19)11-6-13-12(22-16(11)20)7-14(23-13)18-8-9-2-4-10(17)5-3-9;1-18(8-9-2-4-10(17)5-3-9)14-7-12-13(23-14)6-11(15(19)20)16(21)22-12;1-13-8(11)4-2-6-5(14-9(4)12)3-7(10)15-6;8-7-3-1-6(5-9)2-4-7;/h3-8H,9H2,1-2H3;2-7,18H,8H2,1H3;2-7H,8H2,1H3,(H,19,20);2-3H,10H2,1H3;1-5H;1H4. The van der Waals surface area contributed by atoms with E-state index in [0.717, 1.165) is 31.7 Å². The number of aldehydes is 1. The summed E-state index contributed by atoms with van der Waals surface area (Å²) in [6.45, 7) is 1.62. The van der Waals surface area contributed by atoms with Crippen LogP contribution in [0.4, 0.5) is 37.6 Å². The molecule has 0 unspecified atom stereocenters. The Hall–Kier alpha value is -11.0. The Kier molecular flexibility index (Phi) is 24.4. The number of anilines is 4. The van der Waals surface area contributed by atoms with Crippen LogP contribution in [0.3, 0.4) is 0 Å². The molecule has 0 radical (unpaired) electrons. The molecule has 0 aliphatic carbocycles. The third kappa shape index (κ3) is 18.8. The number of benzene rings is 4. The van der Waals surface area contributed by atoms with Crippen LogP contribution in [-0.2, 0) is 33.8 Å². The first-order chi connectivity index (χ1) is 44.9. The smallest absolute Gasteiger partial charge is 0.351 e. The number of rotatable bonds is 14. The molecular weight excluding hydrogens is 1320 g/mol. The summed E-state index contributed by atoms with van der Waals surface area (Å²) < 4.78 is 87.3. The number of esters is 3. The van der Waals surface area contributed by atoms with Crippen molar-refractivity contribution in [3.05, 3.63) is 255 Å². The van der Waals surface area contributed by atoms with Crippen molar-refractivity contribution in [1.82, 2.24) is 0 Å². The lowest BCUT2D eigenvalue weighted by Crippen LogP contribution is -2.14. The number of ether oxygens (including phenoxy) is 3. The van der Waals surface area contributed by atoms with Crippen molar-refractivity contribution in [1.29, 1.82) is 0 Å². The predicted octanol–water partition coefficient (Wildman–Crippen LogP) is 13.6. The molecule has 8 aromatic heterocycles. The van der Waals surface area contributed by atoms with Gasteiger partial charge < -0.3 is 57.8 Å². The molecule has 21 nitrogen and oxygen atoms in total. The number of carbonyl (C=O) groups is 5. The maximum Gasteiger partial charge on any atom is 0.351 e. The molecule has 95 heavy (non-hydrogen) atoms. The van der Waals surface area contributed by atoms with Crippen molar-refractivity contribution in [2.45, 2.75) is 27.1 Å². The second-order valence-electron chi connectivity index (χ2n) is 19.5. The van der Waals surface area contributed by atoms with Crippen LogP contribution in [0, 0.1) is 23.3 Å². The average molecular weight is 1380 g/mol. The molecule has 0 saturated heterocycles. The van der Waals surface area contributed by atoms with Crippen LogP contribution in [0.15, 0.2) is 182 Å². The highest BCUT2D eigenvalue weighted by Gasteiger charge is 2.20. The molecule has 0 fully saturated rings. The third-order valence-corrected chi connectivity index (χ3v) is 17.2. The molecule has 29 heteroatoms. The zero-order valence-corrected chi connectivity index (χ0v) is 52.9. The SMILES string of the molecule is C.CN(Cc1ccc(F)cc1)c1cc2oc(=O)c(C(=O)O)cc2s1.COC(=O)c1cc2sc(N(C)Cc3ccc(F)cc3)cc2oc1=O.COC(=O)c1cc2sc(N)cc2oc1=O.COC(=O)c1cc2sc(NCc3ccc(F)cc3)cc2oc1=O.O=Cc1ccc(F)cc1. The number of nitrogen functional groups attached to an aromatic ring is 1. The second kappa shape index (κ2) is 32.5. The predicted molar refractivity (Wildman–Crippen MR) is 356 cm³/mol. The zero-order valence-electron chi connectivity index (χ0n) is 49.7. The molecule has 8 heterocycles. The maximum atomic E-state index is 13.0. The zero-order chi connectivity index (χ0) is 67.9. The number of hydrogen-bond acceptors (Lipinski definition) is 24. The minimum atomic E-state index is -1.31. The third-order valence-electron chi connectivity index (χ3n) is 12.9. The molecule has 0 bridgehead atoms. The Morgan fingerprint density at radius 1 is 0.484 bits per heavy atom. The van der Waals surface area contributed by atoms with E-state index in [1.54, 1.807) is 60.7 Å². The van der Waals surface area contributed by atoms with Gasteiger partial charge in [0, 0.05) is 63.6 Å². The molecule has 12 aromatic rings. The highest BCUT2D eigenvalue weighted by molar-refractivity contribution is 7.23. The normalized spacial score (nSPS) is 10.5. The number of hydrogen-bond donors (Lipinski definition) is 3. The summed E-state index contributed by atoms with van der Waals surface area (Å²) >= 11 is 5.30. The molecule has 0 saturated carbocycles. The molecule has 492 valence electrons. The van der Waals surface area contributed by atoms with Gasteiger partial charge in [-0.05, 0) is 102 Å². The van der Waals surface area contributed by atoms with Gasteiger partial charge in [0.05, 0.1) is 60.1 Å². The number of fused-ring (bicyclic) bond motifs is 4. The Balaban J connectivity index is 0.000000172. The van der Waals surface area contributed by atoms with Crippen LogP contribution in [0.1, 0.15) is 75.9 Å². The van der Waals surface area contributed by atoms with E-state index in [4.69, 9.17) is 28.5 Å². The molecular formula is C66H54F4N4O17S4. The van der Waals surface area contributed by atoms with Gasteiger partial charge >= 0.3 is 46.4 Å². The topological polar surface area (TPSA) is 299 Å². The first-order valence-corrected chi connectivity index (χ1v) is 30.3. The molecule has 12 rings (SSSR count). The lowest BCUT2D eigenvalue weighted by atomic mass is 10.2. The van der Waals surface area contributed by atoms with E-state index in [-0.39, 0.29) is 52.9 Å². The summed E-state index contributed by atoms with van der Waals surface area (Å²) in [5, 5.41) is 15.1. The van der Waals surface area contributed by atoms with E-state index < -0.39 is 46.4 Å². The lowest BCUT2D eigenvalue weighted by Gasteiger charge is -2.16. The summed E-state index contributed by atoms with van der Waals surface area (Å²) in [5.41, 5.74) is 6.59. The number of thiophene rings is 4. The van der Waals surface area contributed by atoms with E-state index in [0.29, 0.717) is 77.6 Å². The fourth-order valence-corrected chi connectivity index (χ4v) is 11.9. The minimum Gasteiger partial charge on any atom is -0.477 e. The van der Waals surface area contributed by atoms with Crippen LogP contribution in [0.2, 0.25) is 0 Å². The fraction of sp³-hybridized carbons (Fsp3) is 0.136. The van der Waals surface area contributed by atoms with Gasteiger partial charge in [0.25, 0.3) is 0 Å². The molecule has 0 atom stereocenters. The van der Waals surface area contributed by atoms with Gasteiger partial charge in [-0.25, -0.2) is 55.9 Å². The van der Waals surface area contributed by atoms with Gasteiger partial charge in [0.2, 0.25) is 0 Å². The number of nitrogens with two attached hydrogens (primary N) is 1. The molecule has 0 spiro atoms. The number of carboxylic acid groups (broad SMARTS) is 1. The quantitative estimate of drug-likeness (QED) is 0.0394. The van der Waals surface area contributed by atoms with Gasteiger partial charge in [-0.3, -0.25) is 4.79 Å².